The summed E-state index contributed by atoms with van der Waals surface area (Å²) in [6.07, 6.45) is 10.6. The second kappa shape index (κ2) is 13.6. The van der Waals surface area contributed by atoms with Crippen LogP contribution in [0.3, 0.4) is 0 Å². The summed E-state index contributed by atoms with van der Waals surface area (Å²) in [5, 5.41) is 2.12. The summed E-state index contributed by atoms with van der Waals surface area (Å²) in [7, 11) is 0. The first-order valence-electron chi connectivity index (χ1n) is 17.9. The fraction of sp³-hybridized carbons (Fsp3) is 0.311. The summed E-state index contributed by atoms with van der Waals surface area (Å²) in [6.45, 7) is 13.5. The van der Waals surface area contributed by atoms with Crippen molar-refractivity contribution >= 4 is 39.2 Å². The Morgan fingerprint density at radius 1 is 0.902 bits per heavy atom. The van der Waals surface area contributed by atoms with Crippen LogP contribution in [0.4, 0.5) is 0 Å². The predicted molar refractivity (Wildman–Crippen MR) is 205 cm³/mol. The molecule has 0 N–H and O–H groups in total. The van der Waals surface area contributed by atoms with Crippen molar-refractivity contribution in [2.75, 3.05) is 0 Å². The number of pyridine rings is 2. The van der Waals surface area contributed by atoms with Gasteiger partial charge < -0.3 is 14.0 Å². The minimum Gasteiger partial charge on any atom is -0.486 e. The van der Waals surface area contributed by atoms with E-state index in [1.165, 1.54) is 47.9 Å². The normalized spacial score (nSPS) is 15.5. The van der Waals surface area contributed by atoms with E-state index >= 15 is 0 Å². The summed E-state index contributed by atoms with van der Waals surface area (Å²) in [5.41, 5.74) is 11.9. The van der Waals surface area contributed by atoms with Crippen molar-refractivity contribution in [2.45, 2.75) is 85.1 Å². The Bertz CT molecular complexity index is 2390. The number of hydrogen-bond acceptors (Lipinski definition) is 4. The van der Waals surface area contributed by atoms with Gasteiger partial charge in [-0.05, 0) is 92.5 Å². The maximum Gasteiger partial charge on any atom is 0.216 e. The van der Waals surface area contributed by atoms with E-state index in [2.05, 4.69) is 116 Å². The quantitative estimate of drug-likeness (QED) is 0.166. The summed E-state index contributed by atoms with van der Waals surface area (Å²) in [4.78, 5) is 14.1. The molecule has 0 spiro atoms. The molecule has 261 valence electrons. The molecule has 1 aliphatic carbocycles. The summed E-state index contributed by atoms with van der Waals surface area (Å²) < 4.78 is 8.52. The first-order valence-corrected chi connectivity index (χ1v) is 17.9. The molecule has 0 unspecified atom stereocenters. The van der Waals surface area contributed by atoms with Gasteiger partial charge in [-0.15, -0.1) is 54.1 Å². The molecular weight excluding hydrogens is 805 g/mol. The Hall–Kier alpha value is -4.38. The van der Waals surface area contributed by atoms with Crippen molar-refractivity contribution in [1.29, 1.82) is 0 Å². The van der Waals surface area contributed by atoms with E-state index in [1.807, 2.05) is 43.5 Å². The standard InChI is InChI=1S/C23H25N2.C22H19N2O.Ir/c1-22(2,3)15-18-14-17-12-9-13-19-20(17)25(23(18,4)5)21(24-19)16-10-7-6-8-11-16;1-14-9-10-18-17-7-4-8-19(21(17)25-22(18)24-14)20-13-16(11-12-23-20)15-5-2-3-6-15;/h6-10,12-14H,15H2,1-5H3;4,7,9-13,15H,2-3,5-6H2,1H3;/q2*-1;. The van der Waals surface area contributed by atoms with Crippen LogP contribution in [0.15, 0.2) is 95.0 Å². The number of imidazole rings is 1. The maximum atomic E-state index is 6.10. The van der Waals surface area contributed by atoms with Crippen molar-refractivity contribution in [1.82, 2.24) is 19.5 Å². The third kappa shape index (κ3) is 6.61. The first-order chi connectivity index (χ1) is 24.1. The van der Waals surface area contributed by atoms with Crippen LogP contribution in [-0.4, -0.2) is 19.5 Å². The van der Waals surface area contributed by atoms with Gasteiger partial charge in [-0.3, -0.25) is 4.98 Å². The predicted octanol–water partition coefficient (Wildman–Crippen LogP) is 11.9. The van der Waals surface area contributed by atoms with Gasteiger partial charge in [0, 0.05) is 37.4 Å². The molecule has 1 saturated carbocycles. The van der Waals surface area contributed by atoms with Crippen LogP contribution in [0.25, 0.3) is 61.8 Å². The van der Waals surface area contributed by atoms with Crippen molar-refractivity contribution in [3.8, 4) is 22.6 Å². The molecule has 5 heterocycles. The van der Waals surface area contributed by atoms with E-state index in [0.717, 1.165) is 56.6 Å². The van der Waals surface area contributed by atoms with Gasteiger partial charge in [-0.2, -0.15) is 0 Å². The van der Waals surface area contributed by atoms with E-state index in [9.17, 15) is 0 Å². The summed E-state index contributed by atoms with van der Waals surface area (Å²) in [6, 6.07) is 33.7. The van der Waals surface area contributed by atoms with Crippen LogP contribution in [0.2, 0.25) is 0 Å². The number of rotatable bonds is 4. The van der Waals surface area contributed by atoms with Crippen molar-refractivity contribution in [3.05, 3.63) is 120 Å². The maximum absolute atomic E-state index is 6.10. The minimum atomic E-state index is -0.116. The Kier molecular flexibility index (Phi) is 9.37. The average Bonchev–Trinajstić information content (AvgIpc) is 3.86. The number of benzene rings is 3. The molecule has 4 aromatic heterocycles. The van der Waals surface area contributed by atoms with Crippen LogP contribution in [0.1, 0.15) is 89.5 Å². The van der Waals surface area contributed by atoms with Crippen LogP contribution in [0, 0.1) is 24.5 Å². The van der Waals surface area contributed by atoms with Gasteiger partial charge in [-0.1, -0.05) is 74.4 Å². The molecule has 7 aromatic rings. The molecule has 1 aliphatic heterocycles. The summed E-state index contributed by atoms with van der Waals surface area (Å²) in [5.74, 6) is 1.67. The molecule has 2 aliphatic rings. The fourth-order valence-electron chi connectivity index (χ4n) is 7.87. The number of aryl methyl sites for hydroxylation is 1. The fourth-order valence-corrected chi connectivity index (χ4v) is 7.87. The van der Waals surface area contributed by atoms with E-state index in [4.69, 9.17) is 9.40 Å². The minimum absolute atomic E-state index is 0. The Morgan fingerprint density at radius 3 is 2.49 bits per heavy atom. The number of aromatic nitrogens is 4. The zero-order chi connectivity index (χ0) is 34.6. The number of fused-ring (bicyclic) bond motifs is 3. The van der Waals surface area contributed by atoms with Crippen molar-refractivity contribution in [3.63, 3.8) is 0 Å². The number of allylic oxidation sites excluding steroid dienone is 1. The average molecular weight is 849 g/mol. The van der Waals surface area contributed by atoms with E-state index in [0.29, 0.717) is 11.6 Å². The van der Waals surface area contributed by atoms with Gasteiger partial charge >= 0.3 is 0 Å². The Labute approximate surface area is 314 Å². The van der Waals surface area contributed by atoms with Gasteiger partial charge in [0.25, 0.3) is 0 Å². The first kappa shape index (κ1) is 35.0. The van der Waals surface area contributed by atoms with Gasteiger partial charge in [0.2, 0.25) is 5.71 Å². The third-order valence-electron chi connectivity index (χ3n) is 10.4. The van der Waals surface area contributed by atoms with E-state index in [1.54, 1.807) is 0 Å². The van der Waals surface area contributed by atoms with E-state index < -0.39 is 0 Å². The number of nitrogens with zero attached hydrogens (tertiary/aromatic N) is 4. The molecule has 1 radical (unpaired) electrons. The molecule has 0 saturated heterocycles. The van der Waals surface area contributed by atoms with Gasteiger partial charge in [-0.25, -0.2) is 4.98 Å². The second-order valence-electron chi connectivity index (χ2n) is 15.7. The molecular formula is C45H44IrN4O-2. The topological polar surface area (TPSA) is 56.7 Å². The van der Waals surface area contributed by atoms with Gasteiger partial charge in [0.1, 0.15) is 0 Å². The van der Waals surface area contributed by atoms with Crippen molar-refractivity contribution < 1.29 is 24.5 Å². The van der Waals surface area contributed by atoms with Crippen LogP contribution in [0.5, 0.6) is 0 Å². The number of furan rings is 1. The number of para-hydroxylation sites is 1. The Morgan fingerprint density at radius 2 is 1.73 bits per heavy atom. The van der Waals surface area contributed by atoms with Crippen LogP contribution in [-0.2, 0) is 25.6 Å². The zero-order valence-corrected chi connectivity index (χ0v) is 32.7. The molecule has 51 heavy (non-hydrogen) atoms. The molecule has 9 rings (SSSR count). The van der Waals surface area contributed by atoms with E-state index in [-0.39, 0.29) is 31.1 Å². The SMILES string of the molecule is CC(C)(C)CC1=Cc2cccc3nc(-c4[c-]cccc4)n(c23)C1(C)C.Cc1ccc2c(n1)oc1c(-c3cc(C4CCCC4)ccn3)[c-]ccc12.[Ir]. The summed E-state index contributed by atoms with van der Waals surface area (Å²) >= 11 is 0. The van der Waals surface area contributed by atoms with Crippen molar-refractivity contribution in [2.24, 2.45) is 5.41 Å². The van der Waals surface area contributed by atoms with Crippen LogP contribution < -0.4 is 0 Å². The number of hydrogen-bond donors (Lipinski definition) is 0. The largest absolute Gasteiger partial charge is 0.486 e. The molecule has 1 fully saturated rings. The van der Waals surface area contributed by atoms with Crippen LogP contribution >= 0.6 is 0 Å². The zero-order valence-electron chi connectivity index (χ0n) is 30.3. The molecule has 0 amide bonds. The third-order valence-corrected chi connectivity index (χ3v) is 10.4. The molecule has 0 bridgehead atoms. The molecule has 6 heteroatoms. The molecule has 5 nitrogen and oxygen atoms in total. The smallest absolute Gasteiger partial charge is 0.216 e. The molecule has 0 atom stereocenters. The Balaban J connectivity index is 0.000000156. The van der Waals surface area contributed by atoms with Gasteiger partial charge in [0.05, 0.1) is 28.0 Å². The monoisotopic (exact) mass is 849 g/mol. The second-order valence-corrected chi connectivity index (χ2v) is 15.7. The van der Waals surface area contributed by atoms with Gasteiger partial charge in [0.15, 0.2) is 0 Å². The molecule has 3 aromatic carbocycles.